The number of amides is 1. The normalized spacial score (nSPS) is 12.2. The molecule has 0 radical (unpaired) electrons. The van der Waals surface area contributed by atoms with Gasteiger partial charge in [-0.1, -0.05) is 23.7 Å². The number of nitrogens with zero attached hydrogens (tertiary/aromatic N) is 4. The first-order valence-corrected chi connectivity index (χ1v) is 11.5. The Morgan fingerprint density at radius 1 is 1.14 bits per heavy atom. The van der Waals surface area contributed by atoms with Gasteiger partial charge in [-0.05, 0) is 18.2 Å². The summed E-state index contributed by atoms with van der Waals surface area (Å²) in [6.07, 6.45) is -0.668. The van der Waals surface area contributed by atoms with Crippen molar-refractivity contribution in [3.8, 4) is 0 Å². The Bertz CT molecular complexity index is 1390. The number of rotatable bonds is 8. The number of halogens is 4. The van der Waals surface area contributed by atoms with E-state index >= 15 is 0 Å². The van der Waals surface area contributed by atoms with Crippen LogP contribution in [0.15, 0.2) is 53.6 Å². The Balaban J connectivity index is 1.40. The van der Waals surface area contributed by atoms with E-state index in [9.17, 15) is 22.8 Å². The molecule has 186 valence electrons. The van der Waals surface area contributed by atoms with E-state index in [1.165, 1.54) is 30.9 Å². The summed E-state index contributed by atoms with van der Waals surface area (Å²) >= 11 is 6.65. The quantitative estimate of drug-likeness (QED) is 0.264. The number of carbonyl (C=O) groups is 2. The monoisotopic (exact) mass is 536 g/mol. The van der Waals surface area contributed by atoms with Crippen LogP contribution < -0.4 is 10.6 Å². The number of nitrogens with one attached hydrogen (secondary N) is 2. The van der Waals surface area contributed by atoms with Crippen molar-refractivity contribution in [3.05, 3.63) is 75.3 Å². The Morgan fingerprint density at radius 2 is 1.94 bits per heavy atom. The highest BCUT2D eigenvalue weighted by Crippen LogP contribution is 2.36. The number of hydrogen-bond donors (Lipinski definition) is 2. The van der Waals surface area contributed by atoms with E-state index < -0.39 is 22.7 Å². The molecule has 14 heteroatoms. The highest BCUT2D eigenvalue weighted by Gasteiger charge is 2.33. The molecule has 0 unspecified atom stereocenters. The van der Waals surface area contributed by atoms with Gasteiger partial charge in [0, 0.05) is 30.2 Å². The van der Waals surface area contributed by atoms with Gasteiger partial charge in [0.25, 0.3) is 5.91 Å². The fourth-order valence-electron chi connectivity index (χ4n) is 3.09. The first kappa shape index (κ1) is 25.3. The predicted molar refractivity (Wildman–Crippen MR) is 126 cm³/mol. The van der Waals surface area contributed by atoms with Gasteiger partial charge < -0.3 is 15.2 Å². The Morgan fingerprint density at radius 3 is 2.67 bits per heavy atom. The van der Waals surface area contributed by atoms with Crippen LogP contribution in [0, 0.1) is 0 Å². The number of hydrogen-bond acceptors (Lipinski definition) is 9. The van der Waals surface area contributed by atoms with Gasteiger partial charge in [-0.15, -0.1) is 11.3 Å². The van der Waals surface area contributed by atoms with E-state index in [1.807, 2.05) is 0 Å². The van der Waals surface area contributed by atoms with Gasteiger partial charge >= 0.3 is 6.18 Å². The summed E-state index contributed by atoms with van der Waals surface area (Å²) < 4.78 is 43.9. The molecule has 0 saturated heterocycles. The molecule has 0 fully saturated rings. The lowest BCUT2D eigenvalue weighted by Gasteiger charge is -2.11. The zero-order valence-corrected chi connectivity index (χ0v) is 19.9. The molecule has 0 aliphatic heterocycles. The fourth-order valence-corrected chi connectivity index (χ4v) is 4.18. The maximum atomic E-state index is 13.1. The van der Waals surface area contributed by atoms with Crippen LogP contribution in [0.3, 0.4) is 0 Å². The first-order valence-electron chi connectivity index (χ1n) is 10.3. The second-order valence-electron chi connectivity index (χ2n) is 7.54. The summed E-state index contributed by atoms with van der Waals surface area (Å²) in [5.41, 5.74) is -0.933. The second-order valence-corrected chi connectivity index (χ2v) is 9.01. The molecular formula is C22H16ClF3N6O3S. The smallest absolute Gasteiger partial charge is 0.363 e. The fraction of sp³-hybridized carbons (Fsp3) is 0.182. The minimum absolute atomic E-state index is 0.0567. The number of thiazole rings is 1. The Kier molecular flexibility index (Phi) is 7.31. The third-order valence-corrected chi connectivity index (χ3v) is 6.39. The molecular weight excluding hydrogens is 521 g/mol. The van der Waals surface area contributed by atoms with Crippen molar-refractivity contribution in [2.45, 2.75) is 25.4 Å². The number of alkyl halides is 3. The molecule has 0 saturated carbocycles. The van der Waals surface area contributed by atoms with Gasteiger partial charge in [0.05, 0.1) is 21.8 Å². The number of Topliss-reactive ketones (excluding diaryl/α,β-unsaturated/α-hetero) is 1. The van der Waals surface area contributed by atoms with E-state index in [2.05, 4.69) is 30.7 Å². The third-order valence-electron chi connectivity index (χ3n) is 4.84. The number of anilines is 3. The second kappa shape index (κ2) is 10.4. The highest BCUT2D eigenvalue weighted by molar-refractivity contribution is 7.13. The Hall–Kier alpha value is -3.84. The molecule has 0 aliphatic carbocycles. The maximum Gasteiger partial charge on any atom is 0.417 e. The molecule has 0 bridgehead atoms. The van der Waals surface area contributed by atoms with Crippen molar-refractivity contribution in [1.82, 2.24) is 20.1 Å². The molecule has 9 nitrogen and oxygen atoms in total. The summed E-state index contributed by atoms with van der Waals surface area (Å²) in [4.78, 5) is 37.7. The number of aromatic nitrogens is 4. The van der Waals surface area contributed by atoms with Crippen molar-refractivity contribution in [2.75, 3.05) is 10.6 Å². The van der Waals surface area contributed by atoms with Gasteiger partial charge in [-0.25, -0.2) is 15.0 Å². The van der Waals surface area contributed by atoms with Crippen molar-refractivity contribution in [3.63, 3.8) is 0 Å². The minimum atomic E-state index is -4.66. The van der Waals surface area contributed by atoms with Crippen molar-refractivity contribution < 1.29 is 27.3 Å². The van der Waals surface area contributed by atoms with Crippen LogP contribution in [0.5, 0.6) is 0 Å². The largest absolute Gasteiger partial charge is 0.417 e. The lowest BCUT2D eigenvalue weighted by molar-refractivity contribution is -0.137. The summed E-state index contributed by atoms with van der Waals surface area (Å²) in [6.45, 7) is 1.77. The van der Waals surface area contributed by atoms with Crippen molar-refractivity contribution in [1.29, 1.82) is 0 Å². The minimum Gasteiger partial charge on any atom is -0.363 e. The van der Waals surface area contributed by atoms with E-state index in [1.54, 1.807) is 13.0 Å². The van der Waals surface area contributed by atoms with Crippen LogP contribution in [-0.2, 0) is 6.18 Å². The Labute approximate surface area is 210 Å². The van der Waals surface area contributed by atoms with E-state index in [0.29, 0.717) is 16.6 Å². The van der Waals surface area contributed by atoms with Crippen LogP contribution in [-0.4, -0.2) is 31.8 Å². The molecule has 0 spiro atoms. The van der Waals surface area contributed by atoms with Crippen molar-refractivity contribution >= 4 is 52.0 Å². The third kappa shape index (κ3) is 6.04. The maximum absolute atomic E-state index is 13.1. The summed E-state index contributed by atoms with van der Waals surface area (Å²) in [5.74, 6) is -0.471. The molecule has 1 amide bonds. The van der Waals surface area contributed by atoms with E-state index in [-0.39, 0.29) is 34.4 Å². The lowest BCUT2D eigenvalue weighted by Crippen LogP contribution is -2.12. The van der Waals surface area contributed by atoms with Crippen LogP contribution in [0.25, 0.3) is 0 Å². The lowest BCUT2D eigenvalue weighted by atomic mass is 10.0. The average Bonchev–Trinajstić information content (AvgIpc) is 3.52. The van der Waals surface area contributed by atoms with Gasteiger partial charge in [-0.2, -0.15) is 13.2 Å². The topological polar surface area (TPSA) is 123 Å². The molecule has 2 N–H and O–H groups in total. The molecule has 1 atom stereocenters. The van der Waals surface area contributed by atoms with Crippen LogP contribution >= 0.6 is 22.9 Å². The number of ketones is 1. The molecule has 4 rings (SSSR count). The zero-order chi connectivity index (χ0) is 25.9. The molecule has 36 heavy (non-hydrogen) atoms. The standard InChI is InChI=1S/C22H16ClF3N6O3S/c1-11(6-16(33)15-8-19(29-10-28-15)31-18-4-5-35-32-18)21-27-9-17(36-21)20(34)30-12-2-3-14(23)13(7-12)22(24,25)26/h2-5,7-11H,6H2,1H3,(H,30,34)(H,28,29,31,32)/t11-/m1/s1. The van der Waals surface area contributed by atoms with Gasteiger partial charge in [0.1, 0.15) is 29.0 Å². The first-order chi connectivity index (χ1) is 17.1. The molecule has 3 aromatic heterocycles. The van der Waals surface area contributed by atoms with E-state index in [4.69, 9.17) is 16.1 Å². The summed E-state index contributed by atoms with van der Waals surface area (Å²) in [7, 11) is 0. The zero-order valence-electron chi connectivity index (χ0n) is 18.3. The molecule has 0 aliphatic rings. The molecule has 4 aromatic rings. The number of benzene rings is 1. The van der Waals surface area contributed by atoms with Gasteiger partial charge in [-0.3, -0.25) is 9.59 Å². The summed E-state index contributed by atoms with van der Waals surface area (Å²) in [5, 5.41) is 9.04. The van der Waals surface area contributed by atoms with Gasteiger partial charge in [0.15, 0.2) is 11.6 Å². The average molecular weight is 537 g/mol. The predicted octanol–water partition coefficient (Wildman–Crippen LogP) is 5.97. The molecule has 1 aromatic carbocycles. The van der Waals surface area contributed by atoms with Crippen molar-refractivity contribution in [2.24, 2.45) is 0 Å². The summed E-state index contributed by atoms with van der Waals surface area (Å²) in [6, 6.07) is 6.16. The van der Waals surface area contributed by atoms with Gasteiger partial charge in [0.2, 0.25) is 0 Å². The van der Waals surface area contributed by atoms with E-state index in [0.717, 1.165) is 23.5 Å². The van der Waals surface area contributed by atoms with Crippen LogP contribution in [0.2, 0.25) is 5.02 Å². The number of carbonyl (C=O) groups excluding carboxylic acids is 2. The van der Waals surface area contributed by atoms with Crippen LogP contribution in [0.1, 0.15) is 50.0 Å². The molecule has 3 heterocycles. The van der Waals surface area contributed by atoms with Crippen LogP contribution in [0.4, 0.5) is 30.5 Å². The SMILES string of the molecule is C[C@H](CC(=O)c1cc(Nc2ccon2)ncn1)c1ncc(C(=O)Nc2ccc(Cl)c(C(F)(F)F)c2)s1. The highest BCUT2D eigenvalue weighted by atomic mass is 35.5.